The van der Waals surface area contributed by atoms with Crippen LogP contribution in [0.15, 0.2) is 16.3 Å². The number of alkyl halides is 1. The van der Waals surface area contributed by atoms with Gasteiger partial charge in [0.2, 0.25) is 5.90 Å². The third-order valence-electron chi connectivity index (χ3n) is 2.80. The van der Waals surface area contributed by atoms with Crippen LogP contribution in [0.4, 0.5) is 0 Å². The number of aliphatic imine (C=N–C) groups is 1. The number of halogens is 1. The Morgan fingerprint density at radius 3 is 2.88 bits per heavy atom. The van der Waals surface area contributed by atoms with Crippen molar-refractivity contribution in [3.63, 3.8) is 0 Å². The van der Waals surface area contributed by atoms with Gasteiger partial charge in [-0.25, -0.2) is 4.99 Å². The topological polar surface area (TPSA) is 30.8 Å². The van der Waals surface area contributed by atoms with E-state index < -0.39 is 0 Å². The van der Waals surface area contributed by atoms with Crippen LogP contribution in [0.1, 0.15) is 33.1 Å². The van der Waals surface area contributed by atoms with Crippen molar-refractivity contribution >= 4 is 17.5 Å². The van der Waals surface area contributed by atoms with Crippen molar-refractivity contribution in [3.8, 4) is 0 Å². The SMILES string of the molecule is COCOC(CCl)=NC1=C(C)CCCC1C. The van der Waals surface area contributed by atoms with E-state index in [1.807, 2.05) is 0 Å². The standard InChI is InChI=1S/C12H20ClNO2/c1-9-5-4-6-10(2)12(9)14-11(7-13)16-8-15-3/h9H,4-8H2,1-3H3. The van der Waals surface area contributed by atoms with Crippen LogP contribution < -0.4 is 0 Å². The predicted molar refractivity (Wildman–Crippen MR) is 66.8 cm³/mol. The Kier molecular flexibility index (Phi) is 5.85. The lowest BCUT2D eigenvalue weighted by Gasteiger charge is -2.21. The van der Waals surface area contributed by atoms with Crippen molar-refractivity contribution in [2.75, 3.05) is 19.8 Å². The molecule has 0 saturated heterocycles. The van der Waals surface area contributed by atoms with Gasteiger partial charge in [0.1, 0.15) is 0 Å². The van der Waals surface area contributed by atoms with Crippen molar-refractivity contribution in [2.45, 2.75) is 33.1 Å². The Morgan fingerprint density at radius 1 is 1.56 bits per heavy atom. The number of ether oxygens (including phenoxy) is 2. The van der Waals surface area contributed by atoms with E-state index in [1.165, 1.54) is 18.4 Å². The summed E-state index contributed by atoms with van der Waals surface area (Å²) in [4.78, 5) is 4.52. The first-order valence-corrected chi connectivity index (χ1v) is 6.17. The highest BCUT2D eigenvalue weighted by Crippen LogP contribution is 2.30. The zero-order valence-corrected chi connectivity index (χ0v) is 11.0. The van der Waals surface area contributed by atoms with Crippen molar-refractivity contribution < 1.29 is 9.47 Å². The number of allylic oxidation sites excluding steroid dienone is 2. The molecule has 0 aromatic rings. The largest absolute Gasteiger partial charge is 0.453 e. The highest BCUT2D eigenvalue weighted by Gasteiger charge is 2.17. The van der Waals surface area contributed by atoms with Gasteiger partial charge in [-0.1, -0.05) is 12.5 Å². The molecule has 0 aromatic carbocycles. The summed E-state index contributed by atoms with van der Waals surface area (Å²) in [5.74, 6) is 1.33. The van der Waals surface area contributed by atoms with E-state index in [9.17, 15) is 0 Å². The van der Waals surface area contributed by atoms with Gasteiger partial charge < -0.3 is 9.47 Å². The summed E-state index contributed by atoms with van der Waals surface area (Å²) < 4.78 is 10.1. The zero-order valence-electron chi connectivity index (χ0n) is 10.3. The molecule has 0 aliphatic heterocycles. The molecule has 1 aliphatic rings. The van der Waals surface area contributed by atoms with Crippen LogP contribution in [0.2, 0.25) is 0 Å². The highest BCUT2D eigenvalue weighted by atomic mass is 35.5. The maximum Gasteiger partial charge on any atom is 0.205 e. The second-order valence-corrected chi connectivity index (χ2v) is 4.42. The van der Waals surface area contributed by atoms with Crippen LogP contribution in [0, 0.1) is 5.92 Å². The lowest BCUT2D eigenvalue weighted by molar-refractivity contribution is 0.0419. The molecule has 0 fully saturated rings. The van der Waals surface area contributed by atoms with E-state index in [4.69, 9.17) is 21.1 Å². The average molecular weight is 246 g/mol. The molecule has 0 spiro atoms. The molecule has 0 heterocycles. The molecule has 1 unspecified atom stereocenters. The van der Waals surface area contributed by atoms with E-state index in [0.717, 1.165) is 12.1 Å². The van der Waals surface area contributed by atoms with E-state index in [0.29, 0.717) is 11.8 Å². The van der Waals surface area contributed by atoms with Gasteiger partial charge in [-0.15, -0.1) is 11.6 Å². The summed E-state index contributed by atoms with van der Waals surface area (Å²) in [6, 6.07) is 0. The normalized spacial score (nSPS) is 22.5. The fourth-order valence-electron chi connectivity index (χ4n) is 1.93. The number of methoxy groups -OCH3 is 1. The molecule has 0 bridgehead atoms. The number of nitrogens with zero attached hydrogens (tertiary/aromatic N) is 1. The van der Waals surface area contributed by atoms with Crippen molar-refractivity contribution in [2.24, 2.45) is 10.9 Å². The lowest BCUT2D eigenvalue weighted by Crippen LogP contribution is -2.13. The fraction of sp³-hybridized carbons (Fsp3) is 0.750. The van der Waals surface area contributed by atoms with Crippen LogP contribution in [0.25, 0.3) is 0 Å². The summed E-state index contributed by atoms with van der Waals surface area (Å²) in [7, 11) is 1.58. The highest BCUT2D eigenvalue weighted by molar-refractivity contribution is 6.27. The predicted octanol–water partition coefficient (Wildman–Crippen LogP) is 3.34. The molecule has 16 heavy (non-hydrogen) atoms. The molecule has 0 saturated carbocycles. The average Bonchev–Trinajstić information content (AvgIpc) is 2.28. The Balaban J connectivity index is 2.77. The first kappa shape index (κ1) is 13.5. The van der Waals surface area contributed by atoms with E-state index in [2.05, 4.69) is 18.8 Å². The Bertz CT molecular complexity index is 287. The van der Waals surface area contributed by atoms with Crippen molar-refractivity contribution in [1.82, 2.24) is 0 Å². The van der Waals surface area contributed by atoms with Gasteiger partial charge in [-0.3, -0.25) is 0 Å². The molecule has 1 rings (SSSR count). The smallest absolute Gasteiger partial charge is 0.205 e. The molecule has 0 aromatic heterocycles. The van der Waals surface area contributed by atoms with Crippen molar-refractivity contribution in [3.05, 3.63) is 11.3 Å². The molecule has 0 amide bonds. The van der Waals surface area contributed by atoms with Gasteiger partial charge in [0.05, 0.1) is 5.88 Å². The first-order valence-electron chi connectivity index (χ1n) is 5.64. The van der Waals surface area contributed by atoms with Crippen LogP contribution in [0.5, 0.6) is 0 Å². The van der Waals surface area contributed by atoms with Gasteiger partial charge in [0.15, 0.2) is 6.79 Å². The molecule has 0 radical (unpaired) electrons. The molecule has 1 atom stereocenters. The second-order valence-electron chi connectivity index (χ2n) is 4.15. The third-order valence-corrected chi connectivity index (χ3v) is 3.02. The lowest BCUT2D eigenvalue weighted by atomic mass is 9.89. The van der Waals surface area contributed by atoms with E-state index in [1.54, 1.807) is 7.11 Å². The number of hydrogen-bond acceptors (Lipinski definition) is 3. The van der Waals surface area contributed by atoms with Crippen LogP contribution in [-0.4, -0.2) is 25.7 Å². The Morgan fingerprint density at radius 2 is 2.31 bits per heavy atom. The summed E-state index contributed by atoms with van der Waals surface area (Å²) in [6.07, 6.45) is 3.57. The van der Waals surface area contributed by atoms with Crippen LogP contribution >= 0.6 is 11.6 Å². The summed E-state index contributed by atoms with van der Waals surface area (Å²) >= 11 is 5.78. The molecule has 92 valence electrons. The van der Waals surface area contributed by atoms with Gasteiger partial charge >= 0.3 is 0 Å². The van der Waals surface area contributed by atoms with Crippen molar-refractivity contribution in [1.29, 1.82) is 0 Å². The number of rotatable bonds is 4. The summed E-state index contributed by atoms with van der Waals surface area (Å²) in [5.41, 5.74) is 2.49. The van der Waals surface area contributed by atoms with Crippen LogP contribution in [0.3, 0.4) is 0 Å². The van der Waals surface area contributed by atoms with Gasteiger partial charge in [-0.05, 0) is 32.1 Å². The van der Waals surface area contributed by atoms with E-state index >= 15 is 0 Å². The quantitative estimate of drug-likeness (QED) is 0.329. The van der Waals surface area contributed by atoms with E-state index in [-0.39, 0.29) is 12.7 Å². The molecule has 3 nitrogen and oxygen atoms in total. The fourth-order valence-corrected chi connectivity index (χ4v) is 2.06. The summed E-state index contributed by atoms with van der Waals surface area (Å²) in [5, 5.41) is 0. The van der Waals surface area contributed by atoms with Gasteiger partial charge in [-0.2, -0.15) is 0 Å². The minimum Gasteiger partial charge on any atom is -0.453 e. The van der Waals surface area contributed by atoms with Gasteiger partial charge in [0.25, 0.3) is 0 Å². The third kappa shape index (κ3) is 3.80. The molecule has 0 N–H and O–H groups in total. The monoisotopic (exact) mass is 245 g/mol. The molecular formula is C12H20ClNO2. The zero-order chi connectivity index (χ0) is 12.0. The van der Waals surface area contributed by atoms with Crippen LogP contribution in [-0.2, 0) is 9.47 Å². The Hall–Kier alpha value is -0.540. The summed E-state index contributed by atoms with van der Waals surface area (Å²) in [6.45, 7) is 4.53. The molecular weight excluding hydrogens is 226 g/mol. The number of hydrogen-bond donors (Lipinski definition) is 0. The van der Waals surface area contributed by atoms with Gasteiger partial charge in [0, 0.05) is 12.8 Å². The Labute approximate surface area is 102 Å². The second kappa shape index (κ2) is 6.92. The minimum atomic E-state index is 0.201. The maximum absolute atomic E-state index is 5.78. The molecule has 1 aliphatic carbocycles. The molecule has 4 heteroatoms. The minimum absolute atomic E-state index is 0.201. The maximum atomic E-state index is 5.78. The first-order chi connectivity index (χ1) is 7.69.